The lowest BCUT2D eigenvalue weighted by molar-refractivity contribution is -0.133. The fraction of sp³-hybridized carbons (Fsp3) is 0.625. The number of amides is 2. The molecule has 0 aliphatic carbocycles. The highest BCUT2D eigenvalue weighted by molar-refractivity contribution is 5.98. The van der Waals surface area contributed by atoms with E-state index in [1.165, 1.54) is 0 Å². The Hall–Kier alpha value is -2.29. The number of hydrogen-bond donors (Lipinski definition) is 2. The Morgan fingerprint density at radius 2 is 1.72 bits per heavy atom. The lowest BCUT2D eigenvalue weighted by Crippen LogP contribution is -2.55. The van der Waals surface area contributed by atoms with Crippen molar-refractivity contribution in [3.8, 4) is 0 Å². The van der Waals surface area contributed by atoms with Gasteiger partial charge >= 0.3 is 0 Å². The van der Waals surface area contributed by atoms with Gasteiger partial charge in [-0.3, -0.25) is 19.3 Å². The number of epoxide rings is 1. The summed E-state index contributed by atoms with van der Waals surface area (Å²) in [5.41, 5.74) is 0.116. The molecule has 3 atom stereocenters. The van der Waals surface area contributed by atoms with E-state index in [9.17, 15) is 14.4 Å². The molecule has 1 aromatic rings. The third-order valence-electron chi connectivity index (χ3n) is 5.84. The van der Waals surface area contributed by atoms with Gasteiger partial charge in [0.05, 0.1) is 32.4 Å². The van der Waals surface area contributed by atoms with Gasteiger partial charge in [-0.2, -0.15) is 0 Å². The molecule has 2 N–H and O–H groups in total. The fourth-order valence-corrected chi connectivity index (χ4v) is 3.86. The summed E-state index contributed by atoms with van der Waals surface area (Å²) in [6.07, 6.45) is 0.862. The van der Waals surface area contributed by atoms with Crippen LogP contribution in [0.1, 0.15) is 32.8 Å². The molecule has 0 aromatic heterocycles. The summed E-state index contributed by atoms with van der Waals surface area (Å²) < 4.78 is 10.7. The standard InChI is InChI=1S/C24H35N3O5/c1-17(2)13-19(22(29)24(3)16-32-24)26-23(30)20(14-18-7-5-4-6-8-18)25-21(28)15-27-9-11-31-12-10-27/h4-8,17,19-20H,9-16H2,1-3H3,(H,25,28)(H,26,30)/t19?,20-,24+/m0/s1. The normalized spacial score (nSPS) is 22.8. The maximum Gasteiger partial charge on any atom is 0.243 e. The number of Topliss-reactive ketones (excluding diaryl/α,β-unsaturated/α-hetero) is 1. The van der Waals surface area contributed by atoms with Crippen molar-refractivity contribution in [1.29, 1.82) is 0 Å². The highest BCUT2D eigenvalue weighted by Crippen LogP contribution is 2.29. The Kier molecular flexibility index (Phi) is 8.39. The first kappa shape index (κ1) is 24.4. The number of carbonyl (C=O) groups excluding carboxylic acids is 3. The van der Waals surface area contributed by atoms with Crippen LogP contribution in [0, 0.1) is 5.92 Å². The van der Waals surface area contributed by atoms with Crippen molar-refractivity contribution in [1.82, 2.24) is 15.5 Å². The van der Waals surface area contributed by atoms with E-state index >= 15 is 0 Å². The van der Waals surface area contributed by atoms with Gasteiger partial charge in [0, 0.05) is 19.5 Å². The zero-order valence-corrected chi connectivity index (χ0v) is 19.3. The number of carbonyl (C=O) groups is 3. The number of morpholine rings is 1. The molecule has 176 valence electrons. The predicted octanol–water partition coefficient (Wildman–Crippen LogP) is 0.935. The molecule has 2 aliphatic heterocycles. The van der Waals surface area contributed by atoms with E-state index in [4.69, 9.17) is 9.47 Å². The molecule has 3 rings (SSSR count). The summed E-state index contributed by atoms with van der Waals surface area (Å²) in [5.74, 6) is -0.465. The van der Waals surface area contributed by atoms with Gasteiger partial charge < -0.3 is 20.1 Å². The van der Waals surface area contributed by atoms with Gasteiger partial charge in [-0.25, -0.2) is 0 Å². The van der Waals surface area contributed by atoms with Gasteiger partial charge in [0.1, 0.15) is 11.6 Å². The van der Waals surface area contributed by atoms with Crippen LogP contribution in [0.15, 0.2) is 30.3 Å². The predicted molar refractivity (Wildman–Crippen MR) is 120 cm³/mol. The molecular weight excluding hydrogens is 410 g/mol. The van der Waals surface area contributed by atoms with Crippen molar-refractivity contribution in [3.05, 3.63) is 35.9 Å². The van der Waals surface area contributed by atoms with Crippen LogP contribution in [0.3, 0.4) is 0 Å². The van der Waals surface area contributed by atoms with E-state index in [1.807, 2.05) is 49.1 Å². The summed E-state index contributed by atoms with van der Waals surface area (Å²) in [6.45, 7) is 8.92. The van der Waals surface area contributed by atoms with Crippen LogP contribution in [0.5, 0.6) is 0 Å². The first-order chi connectivity index (χ1) is 15.3. The van der Waals surface area contributed by atoms with E-state index < -0.39 is 17.7 Å². The van der Waals surface area contributed by atoms with Crippen molar-refractivity contribution in [2.75, 3.05) is 39.5 Å². The van der Waals surface area contributed by atoms with Crippen LogP contribution in [0.2, 0.25) is 0 Å². The van der Waals surface area contributed by atoms with Crippen LogP contribution in [-0.2, 0) is 30.3 Å². The molecule has 8 nitrogen and oxygen atoms in total. The minimum absolute atomic E-state index is 0.113. The van der Waals surface area contributed by atoms with Gasteiger partial charge in [0.25, 0.3) is 0 Å². The van der Waals surface area contributed by atoms with Crippen LogP contribution in [-0.4, -0.2) is 79.6 Å². The van der Waals surface area contributed by atoms with Crippen LogP contribution >= 0.6 is 0 Å². The minimum atomic E-state index is -0.818. The smallest absolute Gasteiger partial charge is 0.243 e. The molecule has 32 heavy (non-hydrogen) atoms. The highest BCUT2D eigenvalue weighted by atomic mass is 16.6. The van der Waals surface area contributed by atoms with Crippen LogP contribution in [0.25, 0.3) is 0 Å². The summed E-state index contributed by atoms with van der Waals surface area (Å²) in [6, 6.07) is 8.12. The first-order valence-corrected chi connectivity index (χ1v) is 11.4. The Bertz CT molecular complexity index is 788. The Morgan fingerprint density at radius 1 is 1.06 bits per heavy atom. The summed E-state index contributed by atoms with van der Waals surface area (Å²) in [4.78, 5) is 40.9. The maximum absolute atomic E-state index is 13.3. The average molecular weight is 446 g/mol. The minimum Gasteiger partial charge on any atom is -0.379 e. The largest absolute Gasteiger partial charge is 0.379 e. The quantitative estimate of drug-likeness (QED) is 0.492. The molecule has 1 unspecified atom stereocenters. The maximum atomic E-state index is 13.3. The van der Waals surface area contributed by atoms with E-state index in [-0.39, 0.29) is 30.1 Å². The zero-order valence-electron chi connectivity index (χ0n) is 19.3. The number of benzene rings is 1. The number of nitrogens with zero attached hydrogens (tertiary/aromatic N) is 1. The van der Waals surface area contributed by atoms with Gasteiger partial charge in [-0.15, -0.1) is 0 Å². The third kappa shape index (κ3) is 7.12. The fourth-order valence-electron chi connectivity index (χ4n) is 3.86. The van der Waals surface area contributed by atoms with E-state index in [2.05, 4.69) is 10.6 Å². The Morgan fingerprint density at radius 3 is 2.31 bits per heavy atom. The average Bonchev–Trinajstić information content (AvgIpc) is 3.52. The lowest BCUT2D eigenvalue weighted by Gasteiger charge is -2.28. The molecule has 2 saturated heterocycles. The van der Waals surface area contributed by atoms with Gasteiger partial charge in [0.2, 0.25) is 11.8 Å². The molecule has 2 aliphatic rings. The van der Waals surface area contributed by atoms with Crippen LogP contribution in [0.4, 0.5) is 0 Å². The second-order valence-electron chi connectivity index (χ2n) is 9.27. The Balaban J connectivity index is 1.69. The molecular formula is C24H35N3O5. The second kappa shape index (κ2) is 11.0. The van der Waals surface area contributed by atoms with Crippen molar-refractivity contribution in [3.63, 3.8) is 0 Å². The topological polar surface area (TPSA) is 100 Å². The third-order valence-corrected chi connectivity index (χ3v) is 5.84. The lowest BCUT2D eigenvalue weighted by atomic mass is 9.93. The first-order valence-electron chi connectivity index (χ1n) is 11.4. The number of rotatable bonds is 11. The number of nitrogens with one attached hydrogen (secondary N) is 2. The van der Waals surface area contributed by atoms with Crippen molar-refractivity contribution in [2.24, 2.45) is 5.92 Å². The Labute approximate surface area is 190 Å². The van der Waals surface area contributed by atoms with E-state index in [1.54, 1.807) is 6.92 Å². The SMILES string of the molecule is CC(C)CC(NC(=O)[C@H](Cc1ccccc1)NC(=O)CN1CCOCC1)C(=O)[C@@]1(C)CO1. The highest BCUT2D eigenvalue weighted by Gasteiger charge is 2.50. The number of hydrogen-bond acceptors (Lipinski definition) is 6. The molecule has 2 fully saturated rings. The summed E-state index contributed by atoms with van der Waals surface area (Å²) in [5, 5.41) is 5.80. The molecule has 0 saturated carbocycles. The van der Waals surface area contributed by atoms with Crippen LogP contribution < -0.4 is 10.6 Å². The molecule has 1 aromatic carbocycles. The zero-order chi connectivity index (χ0) is 23.1. The number of ketones is 1. The van der Waals surface area contributed by atoms with Gasteiger partial charge in [-0.05, 0) is 24.8 Å². The number of ether oxygens (including phenoxy) is 2. The monoisotopic (exact) mass is 445 g/mol. The molecule has 0 radical (unpaired) electrons. The van der Waals surface area contributed by atoms with E-state index in [0.717, 1.165) is 5.56 Å². The molecule has 2 heterocycles. The summed E-state index contributed by atoms with van der Waals surface area (Å²) >= 11 is 0. The molecule has 8 heteroatoms. The molecule has 0 bridgehead atoms. The molecule has 2 amide bonds. The van der Waals surface area contributed by atoms with Gasteiger partial charge in [0.15, 0.2) is 5.78 Å². The van der Waals surface area contributed by atoms with Crippen molar-refractivity contribution >= 4 is 17.6 Å². The second-order valence-corrected chi connectivity index (χ2v) is 9.27. The van der Waals surface area contributed by atoms with E-state index in [0.29, 0.717) is 45.8 Å². The van der Waals surface area contributed by atoms with Crippen molar-refractivity contribution < 1.29 is 23.9 Å². The summed E-state index contributed by atoms with van der Waals surface area (Å²) in [7, 11) is 0. The van der Waals surface area contributed by atoms with Crippen molar-refractivity contribution in [2.45, 2.75) is 51.3 Å². The molecule has 0 spiro atoms. The van der Waals surface area contributed by atoms with Gasteiger partial charge in [-0.1, -0.05) is 44.2 Å².